The topological polar surface area (TPSA) is 61.0 Å². The molecule has 0 radical (unpaired) electrons. The molecule has 0 aliphatic heterocycles. The zero-order chi connectivity index (χ0) is 14.5. The molecule has 20 heavy (non-hydrogen) atoms. The Morgan fingerprint density at radius 3 is 2.50 bits per heavy atom. The number of hydrogen-bond acceptors (Lipinski definition) is 4. The van der Waals surface area contributed by atoms with Crippen molar-refractivity contribution in [2.45, 2.75) is 32.9 Å². The number of hydrogen-bond donors (Lipinski definition) is 1. The molecule has 1 aromatic heterocycles. The van der Waals surface area contributed by atoms with Gasteiger partial charge in [0.25, 0.3) is 0 Å². The van der Waals surface area contributed by atoms with Gasteiger partial charge < -0.3 is 10.5 Å². The van der Waals surface area contributed by atoms with Gasteiger partial charge in [0.1, 0.15) is 6.10 Å². The van der Waals surface area contributed by atoms with Gasteiger partial charge in [-0.15, -0.1) is 0 Å². The monoisotopic (exact) mass is 271 g/mol. The summed E-state index contributed by atoms with van der Waals surface area (Å²) >= 11 is 0. The maximum atomic E-state index is 5.90. The van der Waals surface area contributed by atoms with Crippen LogP contribution in [0, 0.1) is 6.92 Å². The Morgan fingerprint density at radius 1 is 1.25 bits per heavy atom. The average Bonchev–Trinajstić information content (AvgIpc) is 2.45. The van der Waals surface area contributed by atoms with Crippen LogP contribution in [-0.4, -0.2) is 16.6 Å². The molecule has 0 aliphatic carbocycles. The number of benzene rings is 1. The van der Waals surface area contributed by atoms with Crippen LogP contribution in [0.2, 0.25) is 0 Å². The fourth-order valence-electron chi connectivity index (χ4n) is 2.18. The lowest BCUT2D eigenvalue weighted by atomic mass is 10.1. The molecule has 0 saturated carbocycles. The molecule has 2 rings (SSSR count). The minimum absolute atomic E-state index is 0.0636. The molecular weight excluding hydrogens is 250 g/mol. The highest BCUT2D eigenvalue weighted by atomic mass is 16.5. The molecule has 4 heteroatoms. The highest BCUT2D eigenvalue weighted by molar-refractivity contribution is 5.26. The molecule has 1 heterocycles. The SMILES string of the molecule is CCOC(c1ccccc1)c1ncc([C@H](C)N)c(C)n1. The van der Waals surface area contributed by atoms with Crippen LogP contribution in [0.25, 0.3) is 0 Å². The van der Waals surface area contributed by atoms with E-state index in [1.165, 1.54) is 0 Å². The lowest BCUT2D eigenvalue weighted by Gasteiger charge is -2.18. The minimum Gasteiger partial charge on any atom is -0.366 e. The molecule has 0 aliphatic rings. The summed E-state index contributed by atoms with van der Waals surface area (Å²) in [4.78, 5) is 9.01. The molecule has 0 bridgehead atoms. The van der Waals surface area contributed by atoms with E-state index in [0.717, 1.165) is 16.8 Å². The lowest BCUT2D eigenvalue weighted by Crippen LogP contribution is -2.14. The Morgan fingerprint density at radius 2 is 1.95 bits per heavy atom. The lowest BCUT2D eigenvalue weighted by molar-refractivity contribution is 0.0849. The molecule has 1 aromatic carbocycles. The number of aromatic nitrogens is 2. The first-order chi connectivity index (χ1) is 9.63. The second kappa shape index (κ2) is 6.59. The zero-order valence-corrected chi connectivity index (χ0v) is 12.2. The van der Waals surface area contributed by atoms with Crippen molar-refractivity contribution in [3.05, 3.63) is 59.2 Å². The second-order valence-corrected chi connectivity index (χ2v) is 4.80. The predicted octanol–water partition coefficient (Wildman–Crippen LogP) is 2.93. The standard InChI is InChI=1S/C16H21N3O/c1-4-20-15(13-8-6-5-7-9-13)16-18-10-14(11(2)17)12(3)19-16/h5-11,15H,4,17H2,1-3H3/t11-,15?/m0/s1. The molecule has 0 spiro atoms. The largest absolute Gasteiger partial charge is 0.366 e. The van der Waals surface area contributed by atoms with E-state index in [-0.39, 0.29) is 12.1 Å². The quantitative estimate of drug-likeness (QED) is 0.908. The zero-order valence-electron chi connectivity index (χ0n) is 12.2. The van der Waals surface area contributed by atoms with E-state index in [9.17, 15) is 0 Å². The van der Waals surface area contributed by atoms with Crippen molar-refractivity contribution in [3.8, 4) is 0 Å². The van der Waals surface area contributed by atoms with Crippen molar-refractivity contribution in [1.82, 2.24) is 9.97 Å². The normalized spacial score (nSPS) is 14.0. The summed E-state index contributed by atoms with van der Waals surface area (Å²) in [6.45, 7) is 6.47. The Kier molecular flexibility index (Phi) is 4.82. The first-order valence-corrected chi connectivity index (χ1v) is 6.89. The summed E-state index contributed by atoms with van der Waals surface area (Å²) in [5, 5.41) is 0. The van der Waals surface area contributed by atoms with E-state index in [1.54, 1.807) is 6.20 Å². The number of nitrogens with two attached hydrogens (primary N) is 1. The van der Waals surface area contributed by atoms with Crippen LogP contribution in [0.15, 0.2) is 36.5 Å². The van der Waals surface area contributed by atoms with Crippen molar-refractivity contribution in [2.75, 3.05) is 6.61 Å². The smallest absolute Gasteiger partial charge is 0.162 e. The van der Waals surface area contributed by atoms with Crippen molar-refractivity contribution in [1.29, 1.82) is 0 Å². The van der Waals surface area contributed by atoms with Gasteiger partial charge in [-0.1, -0.05) is 30.3 Å². The number of aryl methyl sites for hydroxylation is 1. The van der Waals surface area contributed by atoms with Crippen LogP contribution >= 0.6 is 0 Å². The Labute approximate surface area is 120 Å². The molecule has 0 fully saturated rings. The Balaban J connectivity index is 2.38. The summed E-state index contributed by atoms with van der Waals surface area (Å²) in [7, 11) is 0. The van der Waals surface area contributed by atoms with Crippen molar-refractivity contribution >= 4 is 0 Å². The van der Waals surface area contributed by atoms with E-state index in [0.29, 0.717) is 12.4 Å². The van der Waals surface area contributed by atoms with Crippen LogP contribution in [0.5, 0.6) is 0 Å². The number of nitrogens with zero attached hydrogens (tertiary/aromatic N) is 2. The van der Waals surface area contributed by atoms with Crippen LogP contribution < -0.4 is 5.73 Å². The summed E-state index contributed by atoms with van der Waals surface area (Å²) < 4.78 is 5.81. The van der Waals surface area contributed by atoms with Crippen molar-refractivity contribution in [2.24, 2.45) is 5.73 Å². The molecule has 1 unspecified atom stereocenters. The van der Waals surface area contributed by atoms with E-state index in [4.69, 9.17) is 10.5 Å². The average molecular weight is 271 g/mol. The van der Waals surface area contributed by atoms with Crippen LogP contribution in [0.3, 0.4) is 0 Å². The number of ether oxygens (including phenoxy) is 1. The summed E-state index contributed by atoms with van der Waals surface area (Å²) in [5.41, 5.74) is 8.83. The molecule has 0 saturated heterocycles. The van der Waals surface area contributed by atoms with E-state index < -0.39 is 0 Å². The molecule has 2 N–H and O–H groups in total. The molecule has 2 aromatic rings. The first kappa shape index (κ1) is 14.6. The van der Waals surface area contributed by atoms with Gasteiger partial charge in [-0.25, -0.2) is 9.97 Å². The van der Waals surface area contributed by atoms with Crippen molar-refractivity contribution < 1.29 is 4.74 Å². The molecule has 2 atom stereocenters. The van der Waals surface area contributed by atoms with Gasteiger partial charge in [-0.3, -0.25) is 0 Å². The maximum Gasteiger partial charge on any atom is 0.162 e. The van der Waals surface area contributed by atoms with Crippen molar-refractivity contribution in [3.63, 3.8) is 0 Å². The first-order valence-electron chi connectivity index (χ1n) is 6.89. The van der Waals surface area contributed by atoms with Gasteiger partial charge in [0, 0.05) is 30.1 Å². The highest BCUT2D eigenvalue weighted by Gasteiger charge is 2.18. The van der Waals surface area contributed by atoms with E-state index in [2.05, 4.69) is 9.97 Å². The van der Waals surface area contributed by atoms with Crippen LogP contribution in [0.1, 0.15) is 48.6 Å². The third-order valence-electron chi connectivity index (χ3n) is 3.20. The highest BCUT2D eigenvalue weighted by Crippen LogP contribution is 2.24. The Bertz CT molecular complexity index is 555. The summed E-state index contributed by atoms with van der Waals surface area (Å²) in [6.07, 6.45) is 1.57. The maximum absolute atomic E-state index is 5.90. The van der Waals surface area contributed by atoms with Gasteiger partial charge in [0.2, 0.25) is 0 Å². The Hall–Kier alpha value is -1.78. The van der Waals surface area contributed by atoms with Crippen LogP contribution in [-0.2, 0) is 4.74 Å². The predicted molar refractivity (Wildman–Crippen MR) is 79.3 cm³/mol. The fourth-order valence-corrected chi connectivity index (χ4v) is 2.18. The second-order valence-electron chi connectivity index (χ2n) is 4.80. The van der Waals surface area contributed by atoms with Gasteiger partial charge in [-0.2, -0.15) is 0 Å². The van der Waals surface area contributed by atoms with Gasteiger partial charge in [0.05, 0.1) is 0 Å². The van der Waals surface area contributed by atoms with E-state index >= 15 is 0 Å². The van der Waals surface area contributed by atoms with Gasteiger partial charge >= 0.3 is 0 Å². The minimum atomic E-state index is -0.234. The molecule has 106 valence electrons. The summed E-state index contributed by atoms with van der Waals surface area (Å²) in [6, 6.07) is 9.95. The van der Waals surface area contributed by atoms with E-state index in [1.807, 2.05) is 51.1 Å². The molecule has 4 nitrogen and oxygen atoms in total. The molecular formula is C16H21N3O. The summed E-state index contributed by atoms with van der Waals surface area (Å²) in [5.74, 6) is 0.681. The molecule has 0 amide bonds. The van der Waals surface area contributed by atoms with Gasteiger partial charge in [0.15, 0.2) is 5.82 Å². The van der Waals surface area contributed by atoms with Crippen LogP contribution in [0.4, 0.5) is 0 Å². The number of rotatable bonds is 5. The third-order valence-corrected chi connectivity index (χ3v) is 3.20. The third kappa shape index (κ3) is 3.21. The van der Waals surface area contributed by atoms with Gasteiger partial charge in [-0.05, 0) is 26.3 Å². The fraction of sp³-hybridized carbons (Fsp3) is 0.375.